The van der Waals surface area contributed by atoms with Crippen LogP contribution in [0.2, 0.25) is 0 Å². The van der Waals surface area contributed by atoms with E-state index in [9.17, 15) is 0 Å². The zero-order valence-corrected chi connectivity index (χ0v) is 13.9. The summed E-state index contributed by atoms with van der Waals surface area (Å²) in [5.41, 5.74) is 0. The maximum Gasteiger partial charge on any atom is 0.191 e. The van der Waals surface area contributed by atoms with E-state index in [0.717, 1.165) is 22.9 Å². The number of rotatable bonds is 11. The van der Waals surface area contributed by atoms with Crippen molar-refractivity contribution in [3.05, 3.63) is 23.3 Å². The summed E-state index contributed by atoms with van der Waals surface area (Å²) in [6.45, 7) is 2.27. The number of aromatic amines is 1. The second-order valence-corrected chi connectivity index (χ2v) is 6.61. The van der Waals surface area contributed by atoms with Gasteiger partial charge in [0, 0.05) is 6.42 Å². The number of hydrogen-bond donors (Lipinski definition) is 1. The Labute approximate surface area is 132 Å². The molecule has 2 aromatic heterocycles. The number of nitrogens with zero attached hydrogens (tertiary/aromatic N) is 2. The number of thiophene rings is 1. The predicted molar refractivity (Wildman–Crippen MR) is 90.6 cm³/mol. The largest absolute Gasteiger partial charge is 0.263 e. The zero-order chi connectivity index (χ0) is 14.8. The van der Waals surface area contributed by atoms with E-state index in [4.69, 9.17) is 0 Å². The van der Waals surface area contributed by atoms with Crippen molar-refractivity contribution in [2.75, 3.05) is 0 Å². The maximum atomic E-state index is 4.56. The van der Waals surface area contributed by atoms with Crippen molar-refractivity contribution >= 4 is 11.3 Å². The van der Waals surface area contributed by atoms with Gasteiger partial charge in [0.05, 0.1) is 4.88 Å². The Bertz CT molecular complexity index is 476. The number of hydrogen-bond acceptors (Lipinski definition) is 3. The first-order chi connectivity index (χ1) is 10.4. The van der Waals surface area contributed by atoms with Gasteiger partial charge in [-0.2, -0.15) is 5.10 Å². The Hall–Kier alpha value is -1.16. The van der Waals surface area contributed by atoms with E-state index in [2.05, 4.69) is 33.6 Å². The molecule has 21 heavy (non-hydrogen) atoms. The number of unbranched alkanes of at least 4 members (excludes halogenated alkanes) is 8. The molecule has 2 aromatic rings. The molecule has 0 radical (unpaired) electrons. The van der Waals surface area contributed by atoms with Crippen LogP contribution in [0.5, 0.6) is 0 Å². The number of nitrogens with one attached hydrogen (secondary N) is 1. The molecule has 0 aliphatic carbocycles. The van der Waals surface area contributed by atoms with Gasteiger partial charge in [-0.05, 0) is 17.9 Å². The van der Waals surface area contributed by atoms with Crippen LogP contribution in [0.25, 0.3) is 10.7 Å². The lowest BCUT2D eigenvalue weighted by molar-refractivity contribution is 0.562. The molecule has 116 valence electrons. The van der Waals surface area contributed by atoms with E-state index in [1.807, 2.05) is 6.07 Å². The minimum absolute atomic E-state index is 0.843. The Morgan fingerprint density at radius 2 is 1.71 bits per heavy atom. The van der Waals surface area contributed by atoms with Gasteiger partial charge in [0.25, 0.3) is 0 Å². The molecule has 2 heterocycles. The van der Waals surface area contributed by atoms with Crippen LogP contribution in [-0.2, 0) is 6.42 Å². The predicted octanol–water partition coefficient (Wildman–Crippen LogP) is 5.61. The first-order valence-corrected chi connectivity index (χ1v) is 9.23. The summed E-state index contributed by atoms with van der Waals surface area (Å²) >= 11 is 1.69. The number of aryl methyl sites for hydroxylation is 1. The SMILES string of the molecule is CCCCCCCCCCCc1nc(-c2cccs2)n[nH]1. The third kappa shape index (κ3) is 6.00. The molecule has 0 aliphatic heterocycles. The first kappa shape index (κ1) is 16.2. The molecular formula is C17H27N3S. The van der Waals surface area contributed by atoms with Gasteiger partial charge >= 0.3 is 0 Å². The standard InChI is InChI=1S/C17H27N3S/c1-2-3-4-5-6-7-8-9-10-13-16-18-17(20-19-16)15-12-11-14-21-15/h11-12,14H,2-10,13H2,1H3,(H,18,19,20). The quantitative estimate of drug-likeness (QED) is 0.548. The van der Waals surface area contributed by atoms with Crippen molar-refractivity contribution in [2.24, 2.45) is 0 Å². The summed E-state index contributed by atoms with van der Waals surface area (Å²) in [4.78, 5) is 5.71. The van der Waals surface area contributed by atoms with Crippen LogP contribution in [0.4, 0.5) is 0 Å². The van der Waals surface area contributed by atoms with E-state index in [1.165, 1.54) is 57.8 Å². The molecule has 3 nitrogen and oxygen atoms in total. The fraction of sp³-hybridized carbons (Fsp3) is 0.647. The van der Waals surface area contributed by atoms with Gasteiger partial charge in [-0.3, -0.25) is 5.10 Å². The van der Waals surface area contributed by atoms with Crippen LogP contribution in [-0.4, -0.2) is 15.2 Å². The highest BCUT2D eigenvalue weighted by atomic mass is 32.1. The van der Waals surface area contributed by atoms with E-state index < -0.39 is 0 Å². The molecule has 0 aliphatic rings. The van der Waals surface area contributed by atoms with Crippen LogP contribution >= 0.6 is 11.3 Å². The number of H-pyrrole nitrogens is 1. The van der Waals surface area contributed by atoms with Gasteiger partial charge in [0.2, 0.25) is 0 Å². The van der Waals surface area contributed by atoms with Crippen molar-refractivity contribution in [3.8, 4) is 10.7 Å². The van der Waals surface area contributed by atoms with Crippen molar-refractivity contribution in [3.63, 3.8) is 0 Å². The lowest BCUT2D eigenvalue weighted by atomic mass is 10.1. The second-order valence-electron chi connectivity index (χ2n) is 5.66. The summed E-state index contributed by atoms with van der Waals surface area (Å²) in [6.07, 6.45) is 13.3. The summed E-state index contributed by atoms with van der Waals surface area (Å²) in [6, 6.07) is 4.10. The van der Waals surface area contributed by atoms with Gasteiger partial charge in [0.15, 0.2) is 5.82 Å². The molecule has 0 aromatic carbocycles. The molecule has 2 rings (SSSR count). The highest BCUT2D eigenvalue weighted by molar-refractivity contribution is 7.13. The molecule has 0 spiro atoms. The van der Waals surface area contributed by atoms with Crippen molar-refractivity contribution in [1.82, 2.24) is 15.2 Å². The van der Waals surface area contributed by atoms with Gasteiger partial charge in [-0.25, -0.2) is 4.98 Å². The highest BCUT2D eigenvalue weighted by Crippen LogP contribution is 2.20. The minimum Gasteiger partial charge on any atom is -0.263 e. The summed E-state index contributed by atoms with van der Waals surface area (Å²) in [5.74, 6) is 1.87. The minimum atomic E-state index is 0.843. The molecule has 0 fully saturated rings. The van der Waals surface area contributed by atoms with E-state index in [1.54, 1.807) is 11.3 Å². The van der Waals surface area contributed by atoms with Crippen LogP contribution < -0.4 is 0 Å². The van der Waals surface area contributed by atoms with Gasteiger partial charge in [-0.1, -0.05) is 64.4 Å². The van der Waals surface area contributed by atoms with E-state index >= 15 is 0 Å². The average molecular weight is 305 g/mol. The highest BCUT2D eigenvalue weighted by Gasteiger charge is 2.06. The molecule has 0 saturated heterocycles. The number of aromatic nitrogens is 3. The normalized spacial score (nSPS) is 11.1. The van der Waals surface area contributed by atoms with Crippen LogP contribution in [0, 0.1) is 0 Å². The molecule has 1 N–H and O–H groups in total. The second kappa shape index (κ2) is 9.72. The third-order valence-corrected chi connectivity index (χ3v) is 4.66. The lowest BCUT2D eigenvalue weighted by Gasteiger charge is -2.00. The topological polar surface area (TPSA) is 41.6 Å². The van der Waals surface area contributed by atoms with Crippen molar-refractivity contribution in [2.45, 2.75) is 71.1 Å². The Morgan fingerprint density at radius 1 is 1.00 bits per heavy atom. The van der Waals surface area contributed by atoms with Crippen LogP contribution in [0.3, 0.4) is 0 Å². The Kier molecular flexibility index (Phi) is 7.50. The fourth-order valence-electron chi connectivity index (χ4n) is 2.53. The Balaban J connectivity index is 1.53. The average Bonchev–Trinajstić information content (AvgIpc) is 3.16. The fourth-order valence-corrected chi connectivity index (χ4v) is 3.18. The zero-order valence-electron chi connectivity index (χ0n) is 13.1. The Morgan fingerprint density at radius 3 is 2.38 bits per heavy atom. The van der Waals surface area contributed by atoms with Gasteiger partial charge in [0.1, 0.15) is 5.82 Å². The summed E-state index contributed by atoms with van der Waals surface area (Å²) < 4.78 is 0. The van der Waals surface area contributed by atoms with Gasteiger partial charge < -0.3 is 0 Å². The van der Waals surface area contributed by atoms with Gasteiger partial charge in [-0.15, -0.1) is 11.3 Å². The molecule has 0 atom stereocenters. The molecule has 4 heteroatoms. The maximum absolute atomic E-state index is 4.56. The monoisotopic (exact) mass is 305 g/mol. The van der Waals surface area contributed by atoms with Crippen LogP contribution in [0.1, 0.15) is 70.5 Å². The molecule has 0 bridgehead atoms. The first-order valence-electron chi connectivity index (χ1n) is 8.35. The molecular weight excluding hydrogens is 278 g/mol. The smallest absolute Gasteiger partial charge is 0.191 e. The van der Waals surface area contributed by atoms with E-state index in [-0.39, 0.29) is 0 Å². The lowest BCUT2D eigenvalue weighted by Crippen LogP contribution is -1.89. The summed E-state index contributed by atoms with van der Waals surface area (Å²) in [5, 5.41) is 9.42. The summed E-state index contributed by atoms with van der Waals surface area (Å²) in [7, 11) is 0. The molecule has 0 unspecified atom stereocenters. The third-order valence-electron chi connectivity index (χ3n) is 3.79. The molecule has 0 saturated carbocycles. The van der Waals surface area contributed by atoms with E-state index in [0.29, 0.717) is 0 Å². The van der Waals surface area contributed by atoms with Crippen molar-refractivity contribution in [1.29, 1.82) is 0 Å². The van der Waals surface area contributed by atoms with Crippen molar-refractivity contribution < 1.29 is 0 Å². The van der Waals surface area contributed by atoms with Crippen LogP contribution in [0.15, 0.2) is 17.5 Å². The molecule has 0 amide bonds.